The van der Waals surface area contributed by atoms with Crippen LogP contribution >= 0.6 is 11.8 Å². The third-order valence-electron chi connectivity index (χ3n) is 3.36. The predicted molar refractivity (Wildman–Crippen MR) is 98.3 cm³/mol. The minimum atomic E-state index is -0.0817. The molecule has 0 aliphatic rings. The summed E-state index contributed by atoms with van der Waals surface area (Å²) in [5, 5.41) is 0. The summed E-state index contributed by atoms with van der Waals surface area (Å²) in [6.07, 6.45) is 2.14. The molecule has 4 heteroatoms. The van der Waals surface area contributed by atoms with E-state index in [1.54, 1.807) is 0 Å². The fourth-order valence-corrected chi connectivity index (χ4v) is 2.63. The maximum absolute atomic E-state index is 5.81. The zero-order valence-corrected chi connectivity index (χ0v) is 15.9. The molecule has 0 saturated carbocycles. The molecule has 0 spiro atoms. The summed E-state index contributed by atoms with van der Waals surface area (Å²) in [5.74, 6) is 1.09. The molecule has 1 aromatic carbocycles. The second kappa shape index (κ2) is 9.56. The third kappa shape index (κ3) is 8.79. The lowest BCUT2D eigenvalue weighted by atomic mass is 10.1. The molecule has 0 radical (unpaired) electrons. The van der Waals surface area contributed by atoms with E-state index in [0.717, 1.165) is 25.5 Å². The van der Waals surface area contributed by atoms with Gasteiger partial charge in [-0.2, -0.15) is 0 Å². The van der Waals surface area contributed by atoms with Crippen LogP contribution in [0.2, 0.25) is 0 Å². The fourth-order valence-electron chi connectivity index (χ4n) is 2.06. The summed E-state index contributed by atoms with van der Waals surface area (Å²) >= 11 is 1.87. The van der Waals surface area contributed by atoms with Crippen LogP contribution in [-0.2, 0) is 17.9 Å². The molecule has 1 rings (SSSR count). The van der Waals surface area contributed by atoms with Crippen molar-refractivity contribution in [2.24, 2.45) is 0 Å². The molecular weight excluding hydrogens is 292 g/mol. The van der Waals surface area contributed by atoms with Gasteiger partial charge in [0.25, 0.3) is 0 Å². The molecule has 0 amide bonds. The van der Waals surface area contributed by atoms with E-state index in [2.05, 4.69) is 75.2 Å². The zero-order valence-electron chi connectivity index (χ0n) is 15.1. The Hall–Kier alpha value is -0.550. The number of hydrogen-bond donors (Lipinski definition) is 0. The molecule has 0 aliphatic heterocycles. The van der Waals surface area contributed by atoms with Crippen LogP contribution in [0.1, 0.15) is 31.9 Å². The number of likely N-dealkylation sites (N-methyl/N-ethyl adjacent to an activating group) is 2. The van der Waals surface area contributed by atoms with Crippen molar-refractivity contribution >= 4 is 11.8 Å². The van der Waals surface area contributed by atoms with E-state index in [4.69, 9.17) is 4.74 Å². The van der Waals surface area contributed by atoms with Crippen molar-refractivity contribution in [3.8, 4) is 0 Å². The first kappa shape index (κ1) is 19.5. The molecule has 0 N–H and O–H groups in total. The van der Waals surface area contributed by atoms with Crippen LogP contribution in [0.3, 0.4) is 0 Å². The highest BCUT2D eigenvalue weighted by Crippen LogP contribution is 2.13. The molecule has 0 unspecified atom stereocenters. The summed E-state index contributed by atoms with van der Waals surface area (Å²) in [7, 11) is 4.36. The van der Waals surface area contributed by atoms with Gasteiger partial charge in [0, 0.05) is 25.5 Å². The van der Waals surface area contributed by atoms with Gasteiger partial charge in [-0.1, -0.05) is 24.3 Å². The first-order chi connectivity index (χ1) is 10.3. The Morgan fingerprint density at radius 2 is 1.50 bits per heavy atom. The first-order valence-electron chi connectivity index (χ1n) is 7.88. The van der Waals surface area contributed by atoms with Gasteiger partial charge in [-0.05, 0) is 52.2 Å². The Labute approximate surface area is 141 Å². The molecule has 0 aliphatic carbocycles. The first-order valence-corrected chi connectivity index (χ1v) is 9.27. The van der Waals surface area contributed by atoms with Gasteiger partial charge >= 0.3 is 0 Å². The van der Waals surface area contributed by atoms with Gasteiger partial charge in [0.1, 0.15) is 0 Å². The van der Waals surface area contributed by atoms with Gasteiger partial charge in [0.15, 0.2) is 0 Å². The van der Waals surface area contributed by atoms with Crippen LogP contribution in [0.4, 0.5) is 0 Å². The van der Waals surface area contributed by atoms with Crippen LogP contribution in [0.5, 0.6) is 0 Å². The highest BCUT2D eigenvalue weighted by atomic mass is 32.2. The topological polar surface area (TPSA) is 15.7 Å². The summed E-state index contributed by atoms with van der Waals surface area (Å²) in [4.78, 5) is 4.73. The fraction of sp³-hybridized carbons (Fsp3) is 0.667. The van der Waals surface area contributed by atoms with Gasteiger partial charge < -0.3 is 9.64 Å². The van der Waals surface area contributed by atoms with Crippen molar-refractivity contribution < 1.29 is 4.74 Å². The second-order valence-corrected chi connectivity index (χ2v) is 7.79. The van der Waals surface area contributed by atoms with Crippen LogP contribution in [0.15, 0.2) is 24.3 Å². The van der Waals surface area contributed by atoms with Gasteiger partial charge in [-0.15, -0.1) is 11.8 Å². The van der Waals surface area contributed by atoms with E-state index in [0.29, 0.717) is 6.61 Å². The van der Waals surface area contributed by atoms with E-state index in [-0.39, 0.29) is 5.60 Å². The minimum absolute atomic E-state index is 0.0817. The van der Waals surface area contributed by atoms with Crippen molar-refractivity contribution in [3.63, 3.8) is 0 Å². The highest BCUT2D eigenvalue weighted by molar-refractivity contribution is 7.98. The van der Waals surface area contributed by atoms with Gasteiger partial charge in [0.2, 0.25) is 0 Å². The van der Waals surface area contributed by atoms with Crippen molar-refractivity contribution in [2.75, 3.05) is 39.3 Å². The van der Waals surface area contributed by atoms with Crippen LogP contribution < -0.4 is 0 Å². The Kier molecular flexibility index (Phi) is 8.47. The Bertz CT molecular complexity index is 414. The standard InChI is InChI=1S/C18H32N2OS/c1-18(2,3)21-14-17-9-7-16(8-10-17)13-19(4)11-12-20(5)15-22-6/h7-10H,11-15H2,1-6H3. The van der Waals surface area contributed by atoms with Crippen molar-refractivity contribution in [3.05, 3.63) is 35.4 Å². The molecule has 0 saturated heterocycles. The summed E-state index contributed by atoms with van der Waals surface area (Å²) in [6.45, 7) is 10.1. The summed E-state index contributed by atoms with van der Waals surface area (Å²) < 4.78 is 5.81. The normalized spacial score (nSPS) is 12.4. The largest absolute Gasteiger partial charge is 0.371 e. The number of rotatable bonds is 9. The third-order valence-corrected chi connectivity index (χ3v) is 4.06. The number of thioether (sulfide) groups is 1. The molecule has 0 aromatic heterocycles. The average molecular weight is 325 g/mol. The molecular formula is C18H32N2OS. The molecule has 0 heterocycles. The quantitative estimate of drug-likeness (QED) is 0.644. The Morgan fingerprint density at radius 3 is 2.05 bits per heavy atom. The second-order valence-electron chi connectivity index (χ2n) is 6.95. The van der Waals surface area contributed by atoms with Crippen molar-refractivity contribution in [1.29, 1.82) is 0 Å². The SMILES string of the molecule is CSCN(C)CCN(C)Cc1ccc(COC(C)(C)C)cc1. The van der Waals surface area contributed by atoms with Gasteiger partial charge in [-0.25, -0.2) is 0 Å². The Balaban J connectivity index is 2.37. The zero-order chi connectivity index (χ0) is 16.6. The average Bonchev–Trinajstić information content (AvgIpc) is 2.44. The van der Waals surface area contributed by atoms with E-state index in [1.165, 1.54) is 11.1 Å². The summed E-state index contributed by atoms with van der Waals surface area (Å²) in [6, 6.07) is 8.77. The number of ether oxygens (including phenoxy) is 1. The summed E-state index contributed by atoms with van der Waals surface area (Å²) in [5.41, 5.74) is 2.51. The predicted octanol–water partition coefficient (Wildman–Crippen LogP) is 3.69. The minimum Gasteiger partial charge on any atom is -0.371 e. The highest BCUT2D eigenvalue weighted by Gasteiger charge is 2.10. The molecule has 0 bridgehead atoms. The van der Waals surface area contributed by atoms with Crippen LogP contribution in [0.25, 0.3) is 0 Å². The number of hydrogen-bond acceptors (Lipinski definition) is 4. The Morgan fingerprint density at radius 1 is 0.955 bits per heavy atom. The monoisotopic (exact) mass is 324 g/mol. The lowest BCUT2D eigenvalue weighted by Crippen LogP contribution is -2.30. The lowest BCUT2D eigenvalue weighted by Gasteiger charge is -2.22. The van der Waals surface area contributed by atoms with E-state index in [9.17, 15) is 0 Å². The maximum Gasteiger partial charge on any atom is 0.0724 e. The van der Waals surface area contributed by atoms with E-state index >= 15 is 0 Å². The number of nitrogens with zero attached hydrogens (tertiary/aromatic N) is 2. The van der Waals surface area contributed by atoms with Crippen LogP contribution in [-0.4, -0.2) is 54.7 Å². The molecule has 1 aromatic rings. The van der Waals surface area contributed by atoms with Crippen molar-refractivity contribution in [1.82, 2.24) is 9.80 Å². The molecule has 0 fully saturated rings. The number of benzene rings is 1. The molecule has 126 valence electrons. The smallest absolute Gasteiger partial charge is 0.0724 e. The van der Waals surface area contributed by atoms with Gasteiger partial charge in [0.05, 0.1) is 12.2 Å². The molecule has 0 atom stereocenters. The lowest BCUT2D eigenvalue weighted by molar-refractivity contribution is -0.0149. The van der Waals surface area contributed by atoms with Crippen molar-refractivity contribution in [2.45, 2.75) is 39.5 Å². The molecule has 22 heavy (non-hydrogen) atoms. The van der Waals surface area contributed by atoms with E-state index in [1.807, 2.05) is 11.8 Å². The molecule has 3 nitrogen and oxygen atoms in total. The van der Waals surface area contributed by atoms with Gasteiger partial charge in [-0.3, -0.25) is 4.90 Å². The van der Waals surface area contributed by atoms with E-state index < -0.39 is 0 Å². The maximum atomic E-state index is 5.81. The van der Waals surface area contributed by atoms with Crippen LogP contribution in [0, 0.1) is 0 Å².